The summed E-state index contributed by atoms with van der Waals surface area (Å²) < 4.78 is 5.38. The minimum absolute atomic E-state index is 1.24. The smallest absolute Gasteiger partial charge is 0.0441 e. The molecule has 2 aromatic heterocycles. The van der Waals surface area contributed by atoms with E-state index in [1.165, 1.54) is 128 Å². The van der Waals surface area contributed by atoms with Crippen LogP contribution in [0.4, 0.5) is 0 Å². The predicted molar refractivity (Wildman–Crippen MR) is 256 cm³/mol. The van der Waals surface area contributed by atoms with Crippen molar-refractivity contribution in [2.24, 2.45) is 0 Å². The van der Waals surface area contributed by atoms with Crippen LogP contribution in [-0.4, -0.2) is 0 Å². The van der Waals surface area contributed by atoms with E-state index < -0.39 is 0 Å². The molecule has 0 atom stereocenters. The Morgan fingerprint density at radius 2 is 0.793 bits per heavy atom. The fourth-order valence-corrected chi connectivity index (χ4v) is 12.2. The first kappa shape index (κ1) is 32.3. The molecule has 0 saturated heterocycles. The first-order valence-corrected chi connectivity index (χ1v) is 21.5. The lowest BCUT2D eigenvalue weighted by molar-refractivity contribution is 1.68. The third kappa shape index (κ3) is 4.68. The SMILES string of the molecule is c1ccc2cc3c(cc2c1)sc1c(-c2ccc4cc(-c5c6ccccc6c(-c6cccc7ccccc67)c6ccccc56)ccc4c2)c2c(cc13)sc1ccccc12. The zero-order valence-electron chi connectivity index (χ0n) is 31.3. The molecule has 2 heteroatoms. The van der Waals surface area contributed by atoms with Crippen molar-refractivity contribution >= 4 is 117 Å². The van der Waals surface area contributed by atoms with Gasteiger partial charge in [-0.05, 0) is 118 Å². The van der Waals surface area contributed by atoms with Gasteiger partial charge in [-0.25, -0.2) is 0 Å². The Kier molecular flexibility index (Phi) is 6.86. The van der Waals surface area contributed by atoms with Crippen molar-refractivity contribution < 1.29 is 0 Å². The first-order chi connectivity index (χ1) is 28.7. The largest absolute Gasteiger partial charge is 0.135 e. The van der Waals surface area contributed by atoms with E-state index in [1.807, 2.05) is 22.7 Å². The van der Waals surface area contributed by atoms with E-state index >= 15 is 0 Å². The number of rotatable bonds is 3. The number of fused-ring (bicyclic) bond motifs is 11. The maximum Gasteiger partial charge on any atom is 0.0441 e. The Morgan fingerprint density at radius 3 is 1.50 bits per heavy atom. The zero-order chi connectivity index (χ0) is 37.9. The van der Waals surface area contributed by atoms with Gasteiger partial charge < -0.3 is 0 Å². The van der Waals surface area contributed by atoms with E-state index in [1.54, 1.807) is 0 Å². The summed E-state index contributed by atoms with van der Waals surface area (Å²) in [5.41, 5.74) is 7.72. The summed E-state index contributed by atoms with van der Waals surface area (Å²) >= 11 is 3.85. The Hall–Kier alpha value is -6.84. The van der Waals surface area contributed by atoms with Gasteiger partial charge in [0.2, 0.25) is 0 Å². The molecule has 0 aliphatic carbocycles. The molecule has 0 saturated carbocycles. The molecule has 0 nitrogen and oxygen atoms in total. The van der Waals surface area contributed by atoms with Gasteiger partial charge >= 0.3 is 0 Å². The molecule has 0 radical (unpaired) electrons. The standard InChI is InChI=1S/C56H32S2/c1-2-14-35-31-50-47(30-34(35)13-1)48-32-51-55(46-21-9-10-23-49(46)57-51)53(56(48)58-50)39-27-25-36-28-38(26-24-37(36)29-39)52-42-17-5-7-19-44(42)54(45-20-8-6-18-43(45)52)41-22-11-15-33-12-3-4-16-40(33)41/h1-32H. The highest BCUT2D eigenvalue weighted by molar-refractivity contribution is 7.28. The summed E-state index contributed by atoms with van der Waals surface area (Å²) in [6.45, 7) is 0. The highest BCUT2D eigenvalue weighted by Crippen LogP contribution is 2.50. The average molecular weight is 769 g/mol. The van der Waals surface area contributed by atoms with Gasteiger partial charge in [-0.3, -0.25) is 0 Å². The molecule has 58 heavy (non-hydrogen) atoms. The molecular weight excluding hydrogens is 737 g/mol. The van der Waals surface area contributed by atoms with Crippen molar-refractivity contribution in [2.75, 3.05) is 0 Å². The van der Waals surface area contributed by atoms with Crippen molar-refractivity contribution in [3.8, 4) is 33.4 Å². The Labute approximate surface area is 342 Å². The van der Waals surface area contributed by atoms with Gasteiger partial charge in [0.05, 0.1) is 0 Å². The van der Waals surface area contributed by atoms with Crippen molar-refractivity contribution in [1.82, 2.24) is 0 Å². The summed E-state index contributed by atoms with van der Waals surface area (Å²) in [6, 6.07) is 72.6. The monoisotopic (exact) mass is 768 g/mol. The number of hydrogen-bond acceptors (Lipinski definition) is 2. The third-order valence-electron chi connectivity index (χ3n) is 12.4. The lowest BCUT2D eigenvalue weighted by atomic mass is 9.84. The summed E-state index contributed by atoms with van der Waals surface area (Å²) in [5.74, 6) is 0. The molecule has 0 amide bonds. The fraction of sp³-hybridized carbons (Fsp3) is 0. The normalized spacial score (nSPS) is 12.1. The Balaban J connectivity index is 1.04. The second-order valence-electron chi connectivity index (χ2n) is 15.5. The molecule has 0 N–H and O–H groups in total. The number of benzene rings is 11. The molecule has 0 spiro atoms. The summed E-state index contributed by atoms with van der Waals surface area (Å²) in [4.78, 5) is 0. The molecular formula is C56H32S2. The first-order valence-electron chi connectivity index (χ1n) is 19.9. The molecule has 11 aromatic carbocycles. The topological polar surface area (TPSA) is 0 Å². The van der Waals surface area contributed by atoms with Crippen LogP contribution in [-0.2, 0) is 0 Å². The molecule has 0 bridgehead atoms. The molecule has 13 rings (SSSR count). The molecule has 0 unspecified atom stereocenters. The lowest BCUT2D eigenvalue weighted by Crippen LogP contribution is -1.91. The van der Waals surface area contributed by atoms with Gasteiger partial charge in [-0.2, -0.15) is 0 Å². The van der Waals surface area contributed by atoms with Gasteiger partial charge in [0.25, 0.3) is 0 Å². The molecule has 0 aliphatic rings. The van der Waals surface area contributed by atoms with Crippen LogP contribution >= 0.6 is 22.7 Å². The van der Waals surface area contributed by atoms with E-state index in [9.17, 15) is 0 Å². The number of thiophene rings is 2. The van der Waals surface area contributed by atoms with Crippen LogP contribution in [0.15, 0.2) is 194 Å². The lowest BCUT2D eigenvalue weighted by Gasteiger charge is -2.19. The van der Waals surface area contributed by atoms with Gasteiger partial charge in [-0.1, -0.05) is 158 Å². The summed E-state index contributed by atoms with van der Waals surface area (Å²) in [6.07, 6.45) is 0. The molecule has 0 aliphatic heterocycles. The fourth-order valence-electron chi connectivity index (χ4n) is 9.80. The minimum atomic E-state index is 1.24. The van der Waals surface area contributed by atoms with E-state index in [-0.39, 0.29) is 0 Å². The second kappa shape index (κ2) is 12.3. The second-order valence-corrected chi connectivity index (χ2v) is 17.7. The molecule has 2 heterocycles. The predicted octanol–water partition coefficient (Wildman–Crippen LogP) is 17.2. The van der Waals surface area contributed by atoms with Crippen LogP contribution in [0.3, 0.4) is 0 Å². The van der Waals surface area contributed by atoms with E-state index in [2.05, 4.69) is 194 Å². The van der Waals surface area contributed by atoms with E-state index in [4.69, 9.17) is 0 Å². The van der Waals surface area contributed by atoms with Gasteiger partial charge in [0, 0.05) is 45.9 Å². The average Bonchev–Trinajstić information content (AvgIpc) is 3.83. The van der Waals surface area contributed by atoms with Crippen LogP contribution in [0.25, 0.3) is 128 Å². The zero-order valence-corrected chi connectivity index (χ0v) is 32.9. The summed E-state index contributed by atoms with van der Waals surface area (Å²) in [7, 11) is 0. The van der Waals surface area contributed by atoms with Crippen molar-refractivity contribution in [2.45, 2.75) is 0 Å². The minimum Gasteiger partial charge on any atom is -0.135 e. The molecule has 13 aromatic rings. The van der Waals surface area contributed by atoms with Gasteiger partial charge in [0.1, 0.15) is 0 Å². The van der Waals surface area contributed by atoms with Crippen molar-refractivity contribution in [3.05, 3.63) is 194 Å². The van der Waals surface area contributed by atoms with Crippen LogP contribution in [0, 0.1) is 0 Å². The van der Waals surface area contributed by atoms with Crippen LogP contribution in [0.5, 0.6) is 0 Å². The number of hydrogen-bond donors (Lipinski definition) is 0. The van der Waals surface area contributed by atoms with Crippen molar-refractivity contribution in [1.29, 1.82) is 0 Å². The van der Waals surface area contributed by atoms with Gasteiger partial charge in [0.15, 0.2) is 0 Å². The van der Waals surface area contributed by atoms with E-state index in [0.29, 0.717) is 0 Å². The van der Waals surface area contributed by atoms with Gasteiger partial charge in [-0.15, -0.1) is 22.7 Å². The summed E-state index contributed by atoms with van der Waals surface area (Å²) in [5, 5.41) is 18.1. The highest BCUT2D eigenvalue weighted by Gasteiger charge is 2.21. The Morgan fingerprint density at radius 1 is 0.259 bits per heavy atom. The molecule has 268 valence electrons. The maximum absolute atomic E-state index is 2.46. The highest BCUT2D eigenvalue weighted by atomic mass is 32.1. The maximum atomic E-state index is 2.46. The van der Waals surface area contributed by atoms with E-state index in [0.717, 1.165) is 0 Å². The quantitative estimate of drug-likeness (QED) is 0.157. The van der Waals surface area contributed by atoms with Crippen LogP contribution < -0.4 is 0 Å². The molecule has 0 fully saturated rings. The van der Waals surface area contributed by atoms with Crippen LogP contribution in [0.2, 0.25) is 0 Å². The van der Waals surface area contributed by atoms with Crippen LogP contribution in [0.1, 0.15) is 0 Å². The Bertz CT molecular complexity index is 3800. The third-order valence-corrected chi connectivity index (χ3v) is 14.7. The van der Waals surface area contributed by atoms with Crippen molar-refractivity contribution in [3.63, 3.8) is 0 Å².